The van der Waals surface area contributed by atoms with Crippen molar-refractivity contribution in [1.82, 2.24) is 0 Å². The van der Waals surface area contributed by atoms with Crippen LogP contribution in [-0.2, 0) is 65.4 Å². The average molecular weight is 1510 g/mol. The van der Waals surface area contributed by atoms with E-state index in [0.29, 0.717) is 25.7 Å². The van der Waals surface area contributed by atoms with Gasteiger partial charge in [-0.2, -0.15) is 0 Å². The molecule has 2 unspecified atom stereocenters. The van der Waals surface area contributed by atoms with Crippen LogP contribution in [0.1, 0.15) is 440 Å². The van der Waals surface area contributed by atoms with Crippen LogP contribution in [0, 0.1) is 17.8 Å². The number of phosphoric ester groups is 2. The third-order valence-corrected chi connectivity index (χ3v) is 21.5. The summed E-state index contributed by atoms with van der Waals surface area (Å²) in [6.07, 6.45) is 63.8. The van der Waals surface area contributed by atoms with E-state index in [4.69, 9.17) is 37.0 Å². The van der Waals surface area contributed by atoms with E-state index in [0.717, 1.165) is 108 Å². The zero-order valence-corrected chi connectivity index (χ0v) is 69.6. The number of hydrogen-bond donors (Lipinski definition) is 3. The van der Waals surface area contributed by atoms with Crippen molar-refractivity contribution in [2.75, 3.05) is 39.6 Å². The van der Waals surface area contributed by atoms with E-state index in [9.17, 15) is 43.2 Å². The van der Waals surface area contributed by atoms with Gasteiger partial charge in [0.05, 0.1) is 26.4 Å². The largest absolute Gasteiger partial charge is 0.472 e. The Bertz CT molecular complexity index is 1990. The maximum Gasteiger partial charge on any atom is 0.472 e. The molecule has 0 saturated heterocycles. The van der Waals surface area contributed by atoms with E-state index in [1.807, 2.05) is 0 Å². The molecule has 0 aromatic heterocycles. The van der Waals surface area contributed by atoms with Crippen molar-refractivity contribution in [3.63, 3.8) is 0 Å². The van der Waals surface area contributed by atoms with Crippen LogP contribution in [0.15, 0.2) is 0 Å². The predicted octanol–water partition coefficient (Wildman–Crippen LogP) is 25.3. The molecule has 19 heteroatoms. The summed E-state index contributed by atoms with van der Waals surface area (Å²) >= 11 is 0. The van der Waals surface area contributed by atoms with Crippen molar-refractivity contribution in [2.45, 2.75) is 458 Å². The minimum absolute atomic E-state index is 0.106. The third-order valence-electron chi connectivity index (χ3n) is 19.6. The molecule has 3 N–H and O–H groups in total. The second kappa shape index (κ2) is 74.2. The lowest BCUT2D eigenvalue weighted by Gasteiger charge is -2.21. The van der Waals surface area contributed by atoms with Gasteiger partial charge in [-0.3, -0.25) is 37.3 Å². The Morgan fingerprint density at radius 1 is 0.262 bits per heavy atom. The molecular formula is C84H164O17P2. The number of phosphoric acid groups is 2. The minimum atomic E-state index is -4.96. The highest BCUT2D eigenvalue weighted by Gasteiger charge is 2.30. The molecule has 0 spiro atoms. The van der Waals surface area contributed by atoms with Gasteiger partial charge in [-0.25, -0.2) is 9.13 Å². The van der Waals surface area contributed by atoms with Crippen LogP contribution in [0.25, 0.3) is 0 Å². The highest BCUT2D eigenvalue weighted by molar-refractivity contribution is 7.47. The Labute approximate surface area is 632 Å². The van der Waals surface area contributed by atoms with Crippen molar-refractivity contribution in [2.24, 2.45) is 17.8 Å². The van der Waals surface area contributed by atoms with E-state index < -0.39 is 97.5 Å². The van der Waals surface area contributed by atoms with Crippen LogP contribution in [0.3, 0.4) is 0 Å². The predicted molar refractivity (Wildman–Crippen MR) is 423 cm³/mol. The number of esters is 4. The molecule has 0 bridgehead atoms. The monoisotopic (exact) mass is 1510 g/mol. The van der Waals surface area contributed by atoms with Crippen LogP contribution in [0.4, 0.5) is 0 Å². The first-order chi connectivity index (χ1) is 49.7. The minimum Gasteiger partial charge on any atom is -0.462 e. The Morgan fingerprint density at radius 3 is 0.660 bits per heavy atom. The maximum absolute atomic E-state index is 13.1. The van der Waals surface area contributed by atoms with Crippen LogP contribution in [-0.4, -0.2) is 96.7 Å². The van der Waals surface area contributed by atoms with Crippen molar-refractivity contribution < 1.29 is 80.2 Å². The zero-order valence-electron chi connectivity index (χ0n) is 67.8. The fourth-order valence-corrected chi connectivity index (χ4v) is 14.6. The fourth-order valence-electron chi connectivity index (χ4n) is 13.0. The number of rotatable bonds is 82. The standard InChI is InChI=1S/C84H164O17P2/c1-8-9-10-11-12-13-14-15-16-22-25-30-37-44-51-58-65-81(86)94-71-79(100-83(88)67-60-53-46-38-31-26-23-20-18-17-19-21-24-28-34-41-48-55-62-75(2)3)73-98-102(90,91)96-69-78(85)70-97-103(92,93)99-74-80(72-95-82(87)66-59-52-45-40-33-36-43-50-57-64-77(6)7)101-84(89)68-61-54-47-39-32-27-29-35-42-49-56-63-76(4)5/h75-80,85H,8-74H2,1-7H3,(H,90,91)(H,92,93)/t78-,79-,80-/m1/s1. The summed E-state index contributed by atoms with van der Waals surface area (Å²) in [5.74, 6) is 0.223. The summed E-state index contributed by atoms with van der Waals surface area (Å²) in [4.78, 5) is 73.2. The molecule has 0 saturated carbocycles. The Hall–Kier alpha value is -1.94. The lowest BCUT2D eigenvalue weighted by atomic mass is 10.0. The molecule has 0 aliphatic heterocycles. The van der Waals surface area contributed by atoms with Gasteiger partial charge < -0.3 is 33.8 Å². The topological polar surface area (TPSA) is 237 Å². The summed E-state index contributed by atoms with van der Waals surface area (Å²) in [7, 11) is -9.93. The molecule has 0 rings (SSSR count). The lowest BCUT2D eigenvalue weighted by molar-refractivity contribution is -0.161. The summed E-state index contributed by atoms with van der Waals surface area (Å²) in [5.41, 5.74) is 0. The number of aliphatic hydroxyl groups excluding tert-OH is 1. The normalized spacial score (nSPS) is 13.9. The zero-order chi connectivity index (χ0) is 75.8. The molecule has 0 aliphatic rings. The van der Waals surface area contributed by atoms with Gasteiger partial charge in [-0.05, 0) is 43.4 Å². The van der Waals surface area contributed by atoms with Gasteiger partial charge in [0.1, 0.15) is 19.3 Å². The lowest BCUT2D eigenvalue weighted by Crippen LogP contribution is -2.30. The molecule has 0 aromatic carbocycles. The van der Waals surface area contributed by atoms with Gasteiger partial charge in [0.15, 0.2) is 12.2 Å². The summed E-state index contributed by atoms with van der Waals surface area (Å²) in [6.45, 7) is 12.0. The Morgan fingerprint density at radius 2 is 0.447 bits per heavy atom. The highest BCUT2D eigenvalue weighted by Crippen LogP contribution is 2.45. The second-order valence-corrected chi connectivity index (χ2v) is 34.6. The van der Waals surface area contributed by atoms with E-state index in [1.54, 1.807) is 0 Å². The SMILES string of the molecule is CCCCCCCCCCCCCCCCCCC(=O)OC[C@H](COP(=O)(O)OC[C@@H](O)COP(=O)(O)OC[C@@H](COC(=O)CCCCCCCCCCCC(C)C)OC(=O)CCCCCCCCCCCCCC(C)C)OC(=O)CCCCCCCCCCCCCCCCCCCCC(C)C. The van der Waals surface area contributed by atoms with Gasteiger partial charge in [-0.15, -0.1) is 0 Å². The van der Waals surface area contributed by atoms with Gasteiger partial charge in [-0.1, -0.05) is 389 Å². The maximum atomic E-state index is 13.1. The smallest absolute Gasteiger partial charge is 0.462 e. The van der Waals surface area contributed by atoms with Crippen molar-refractivity contribution in [3.05, 3.63) is 0 Å². The Kier molecular flexibility index (Phi) is 72.8. The number of unbranched alkanes of at least 4 members (excludes halogenated alkanes) is 50. The quantitative estimate of drug-likeness (QED) is 0.0222. The second-order valence-electron chi connectivity index (χ2n) is 31.6. The summed E-state index contributed by atoms with van der Waals surface area (Å²) in [5, 5.41) is 10.7. The average Bonchev–Trinajstić information content (AvgIpc) is 0.906. The van der Waals surface area contributed by atoms with Crippen LogP contribution < -0.4 is 0 Å². The number of hydrogen-bond acceptors (Lipinski definition) is 15. The molecule has 17 nitrogen and oxygen atoms in total. The summed E-state index contributed by atoms with van der Waals surface area (Å²) < 4.78 is 68.8. The van der Waals surface area contributed by atoms with Gasteiger partial charge in [0, 0.05) is 25.7 Å². The molecule has 0 fully saturated rings. The van der Waals surface area contributed by atoms with Gasteiger partial charge >= 0.3 is 39.5 Å². The molecule has 0 amide bonds. The number of ether oxygens (including phenoxy) is 4. The van der Waals surface area contributed by atoms with Gasteiger partial charge in [0.2, 0.25) is 0 Å². The molecule has 0 heterocycles. The first kappa shape index (κ1) is 101. The first-order valence-corrected chi connectivity index (χ1v) is 46.3. The van der Waals surface area contributed by atoms with Gasteiger partial charge in [0.25, 0.3) is 0 Å². The molecule has 0 radical (unpaired) electrons. The van der Waals surface area contributed by atoms with E-state index in [-0.39, 0.29) is 25.7 Å². The van der Waals surface area contributed by atoms with Crippen molar-refractivity contribution in [1.29, 1.82) is 0 Å². The third kappa shape index (κ3) is 78.0. The molecule has 612 valence electrons. The molecule has 103 heavy (non-hydrogen) atoms. The molecule has 0 aromatic rings. The van der Waals surface area contributed by atoms with E-state index in [2.05, 4.69) is 48.5 Å². The Balaban J connectivity index is 5.25. The van der Waals surface area contributed by atoms with Crippen LogP contribution >= 0.6 is 15.6 Å². The summed E-state index contributed by atoms with van der Waals surface area (Å²) in [6, 6.07) is 0. The molecule has 5 atom stereocenters. The first-order valence-electron chi connectivity index (χ1n) is 43.3. The fraction of sp³-hybridized carbons (Fsp3) is 0.952. The number of carbonyl (C=O) groups excluding carboxylic acids is 4. The highest BCUT2D eigenvalue weighted by atomic mass is 31.2. The van der Waals surface area contributed by atoms with Crippen LogP contribution in [0.5, 0.6) is 0 Å². The van der Waals surface area contributed by atoms with E-state index in [1.165, 1.54) is 250 Å². The molecular weight excluding hydrogens is 1340 g/mol. The van der Waals surface area contributed by atoms with Crippen LogP contribution in [0.2, 0.25) is 0 Å². The number of aliphatic hydroxyl groups is 1. The molecule has 0 aliphatic carbocycles. The van der Waals surface area contributed by atoms with Crippen molar-refractivity contribution in [3.8, 4) is 0 Å². The van der Waals surface area contributed by atoms with E-state index >= 15 is 0 Å². The number of carbonyl (C=O) groups is 4. The van der Waals surface area contributed by atoms with Crippen molar-refractivity contribution >= 4 is 39.5 Å².